The zero-order valence-corrected chi connectivity index (χ0v) is 22.1. The minimum Gasteiger partial charge on any atom is -0.497 e. The Kier molecular flexibility index (Phi) is 8.29. The first-order valence-electron chi connectivity index (χ1n) is 12.0. The molecule has 2 saturated heterocycles. The summed E-state index contributed by atoms with van der Waals surface area (Å²) in [6, 6.07) is 10.2. The molecular weight excluding hydrogens is 486 g/mol. The van der Waals surface area contributed by atoms with Crippen LogP contribution in [0.4, 0.5) is 0 Å². The Morgan fingerprint density at radius 1 is 1.00 bits per heavy atom. The SMILES string of the molecule is COc1ccc(OC)c(S(=O)(=O)N(Cc2ccc(OC)c(OCC3(C)COC3)c2)CC2CCCO2)c1. The van der Waals surface area contributed by atoms with Crippen LogP contribution >= 0.6 is 0 Å². The van der Waals surface area contributed by atoms with Crippen molar-refractivity contribution < 1.29 is 36.8 Å². The van der Waals surface area contributed by atoms with E-state index in [0.717, 1.165) is 18.4 Å². The Balaban J connectivity index is 1.64. The molecule has 2 aromatic rings. The maximum atomic E-state index is 13.9. The summed E-state index contributed by atoms with van der Waals surface area (Å²) in [5.41, 5.74) is 0.725. The van der Waals surface area contributed by atoms with Crippen LogP contribution in [0.3, 0.4) is 0 Å². The minimum absolute atomic E-state index is 0.0425. The van der Waals surface area contributed by atoms with Gasteiger partial charge < -0.3 is 28.4 Å². The third kappa shape index (κ3) is 5.88. The highest BCUT2D eigenvalue weighted by Gasteiger charge is 2.35. The van der Waals surface area contributed by atoms with Gasteiger partial charge in [-0.15, -0.1) is 0 Å². The predicted octanol–water partition coefficient (Wildman–Crippen LogP) is 3.50. The van der Waals surface area contributed by atoms with Gasteiger partial charge in [-0.1, -0.05) is 13.0 Å². The molecule has 2 aliphatic rings. The van der Waals surface area contributed by atoms with Crippen LogP contribution in [0.25, 0.3) is 0 Å². The van der Waals surface area contributed by atoms with E-state index >= 15 is 0 Å². The number of sulfonamides is 1. The van der Waals surface area contributed by atoms with Crippen molar-refractivity contribution in [3.8, 4) is 23.0 Å². The summed E-state index contributed by atoms with van der Waals surface area (Å²) in [7, 11) is 0.569. The van der Waals surface area contributed by atoms with Gasteiger partial charge in [-0.25, -0.2) is 8.42 Å². The fourth-order valence-electron chi connectivity index (χ4n) is 4.31. The van der Waals surface area contributed by atoms with E-state index in [1.54, 1.807) is 25.3 Å². The van der Waals surface area contributed by atoms with Gasteiger partial charge in [-0.05, 0) is 42.7 Å². The Bertz CT molecular complexity index is 1140. The molecule has 0 spiro atoms. The lowest BCUT2D eigenvalue weighted by Gasteiger charge is -2.37. The molecular formula is C26H35NO8S. The summed E-state index contributed by atoms with van der Waals surface area (Å²) >= 11 is 0. The van der Waals surface area contributed by atoms with E-state index in [0.29, 0.717) is 43.7 Å². The van der Waals surface area contributed by atoms with Crippen molar-refractivity contribution in [2.45, 2.75) is 37.3 Å². The standard InChI is InChI=1S/C26H35NO8S/c1-26(16-33-17-26)18-35-24-12-19(7-9-22(24)31-3)14-27(15-21-6-5-11-34-21)36(28,29)25-13-20(30-2)8-10-23(25)32-4/h7-10,12-13,21H,5-6,11,14-18H2,1-4H3. The molecule has 10 heteroatoms. The maximum absolute atomic E-state index is 13.9. The van der Waals surface area contributed by atoms with Crippen molar-refractivity contribution in [1.29, 1.82) is 0 Å². The van der Waals surface area contributed by atoms with Crippen LogP contribution in [0.15, 0.2) is 41.3 Å². The molecule has 2 heterocycles. The number of ether oxygens (including phenoxy) is 6. The molecule has 0 N–H and O–H groups in total. The van der Waals surface area contributed by atoms with Crippen LogP contribution in [0.1, 0.15) is 25.3 Å². The number of hydrogen-bond acceptors (Lipinski definition) is 8. The van der Waals surface area contributed by atoms with Gasteiger partial charge in [0.2, 0.25) is 10.0 Å². The highest BCUT2D eigenvalue weighted by atomic mass is 32.2. The van der Waals surface area contributed by atoms with Crippen molar-refractivity contribution in [1.82, 2.24) is 4.31 Å². The van der Waals surface area contributed by atoms with E-state index < -0.39 is 10.0 Å². The molecule has 2 aliphatic heterocycles. The zero-order chi connectivity index (χ0) is 25.8. The van der Waals surface area contributed by atoms with Crippen LogP contribution in [0.5, 0.6) is 23.0 Å². The summed E-state index contributed by atoms with van der Waals surface area (Å²) in [5, 5.41) is 0. The van der Waals surface area contributed by atoms with Gasteiger partial charge in [-0.3, -0.25) is 0 Å². The summed E-state index contributed by atoms with van der Waals surface area (Å²) < 4.78 is 62.7. The molecule has 0 radical (unpaired) electrons. The highest BCUT2D eigenvalue weighted by molar-refractivity contribution is 7.89. The van der Waals surface area contributed by atoms with Crippen LogP contribution < -0.4 is 18.9 Å². The fourth-order valence-corrected chi connectivity index (χ4v) is 5.94. The summed E-state index contributed by atoms with van der Waals surface area (Å²) in [5.74, 6) is 1.84. The summed E-state index contributed by atoms with van der Waals surface area (Å²) in [4.78, 5) is 0.0465. The van der Waals surface area contributed by atoms with Gasteiger partial charge in [-0.2, -0.15) is 4.31 Å². The molecule has 1 atom stereocenters. The molecule has 2 fully saturated rings. The molecule has 198 valence electrons. The normalized spacial score (nSPS) is 19.1. The maximum Gasteiger partial charge on any atom is 0.247 e. The molecule has 0 aliphatic carbocycles. The summed E-state index contributed by atoms with van der Waals surface area (Å²) in [6.45, 7) is 4.85. The number of rotatable bonds is 12. The average Bonchev–Trinajstić information content (AvgIpc) is 3.38. The van der Waals surface area contributed by atoms with Gasteiger partial charge >= 0.3 is 0 Å². The van der Waals surface area contributed by atoms with Gasteiger partial charge in [0.25, 0.3) is 0 Å². The largest absolute Gasteiger partial charge is 0.497 e. The van der Waals surface area contributed by atoms with Gasteiger partial charge in [0.15, 0.2) is 11.5 Å². The predicted molar refractivity (Wildman–Crippen MR) is 134 cm³/mol. The number of nitrogens with zero attached hydrogens (tertiary/aromatic N) is 1. The third-order valence-electron chi connectivity index (χ3n) is 6.48. The second-order valence-electron chi connectivity index (χ2n) is 9.53. The highest BCUT2D eigenvalue weighted by Crippen LogP contribution is 2.35. The lowest BCUT2D eigenvalue weighted by Crippen LogP contribution is -2.44. The first-order valence-corrected chi connectivity index (χ1v) is 13.4. The van der Waals surface area contributed by atoms with Crippen molar-refractivity contribution in [2.24, 2.45) is 5.41 Å². The van der Waals surface area contributed by atoms with E-state index in [1.165, 1.54) is 24.6 Å². The second kappa shape index (κ2) is 11.2. The average molecular weight is 522 g/mol. The molecule has 9 nitrogen and oxygen atoms in total. The van der Waals surface area contributed by atoms with Crippen molar-refractivity contribution in [2.75, 3.05) is 54.3 Å². The lowest BCUT2D eigenvalue weighted by molar-refractivity contribution is -0.120. The zero-order valence-electron chi connectivity index (χ0n) is 21.3. The van der Waals surface area contributed by atoms with Crippen LogP contribution in [0, 0.1) is 5.41 Å². The molecule has 0 saturated carbocycles. The Morgan fingerprint density at radius 3 is 2.36 bits per heavy atom. The van der Waals surface area contributed by atoms with Crippen LogP contribution in [-0.4, -0.2) is 73.1 Å². The second-order valence-corrected chi connectivity index (χ2v) is 11.4. The lowest BCUT2D eigenvalue weighted by atomic mass is 9.90. The number of benzene rings is 2. The van der Waals surface area contributed by atoms with Crippen molar-refractivity contribution in [3.63, 3.8) is 0 Å². The molecule has 4 rings (SSSR count). The van der Waals surface area contributed by atoms with Crippen molar-refractivity contribution >= 4 is 10.0 Å². The Morgan fingerprint density at radius 2 is 1.75 bits per heavy atom. The van der Waals surface area contributed by atoms with Gasteiger partial charge in [0.1, 0.15) is 16.4 Å². The molecule has 1 unspecified atom stereocenters. The van der Waals surface area contributed by atoms with Gasteiger partial charge in [0, 0.05) is 31.2 Å². The smallest absolute Gasteiger partial charge is 0.247 e. The molecule has 2 aromatic carbocycles. The van der Waals surface area contributed by atoms with Crippen molar-refractivity contribution in [3.05, 3.63) is 42.0 Å². The molecule has 36 heavy (non-hydrogen) atoms. The fraction of sp³-hybridized carbons (Fsp3) is 0.538. The topological polar surface area (TPSA) is 92.8 Å². The van der Waals surface area contributed by atoms with E-state index in [4.69, 9.17) is 28.4 Å². The first kappa shape index (κ1) is 26.5. The van der Waals surface area contributed by atoms with E-state index in [9.17, 15) is 8.42 Å². The Hall–Kier alpha value is -2.53. The van der Waals surface area contributed by atoms with Gasteiger partial charge in [0.05, 0.1) is 47.3 Å². The monoisotopic (exact) mass is 521 g/mol. The quantitative estimate of drug-likeness (QED) is 0.419. The number of methoxy groups -OCH3 is 3. The van der Waals surface area contributed by atoms with Crippen LogP contribution in [-0.2, 0) is 26.0 Å². The minimum atomic E-state index is -3.96. The van der Waals surface area contributed by atoms with Crippen LogP contribution in [0.2, 0.25) is 0 Å². The Labute approximate surface area is 213 Å². The molecule has 0 bridgehead atoms. The first-order chi connectivity index (χ1) is 17.3. The van der Waals surface area contributed by atoms with E-state index in [2.05, 4.69) is 6.92 Å². The number of hydrogen-bond donors (Lipinski definition) is 0. The van der Waals surface area contributed by atoms with E-state index in [1.807, 2.05) is 12.1 Å². The molecule has 0 aromatic heterocycles. The summed E-state index contributed by atoms with van der Waals surface area (Å²) in [6.07, 6.45) is 1.53. The third-order valence-corrected chi connectivity index (χ3v) is 8.32. The van der Waals surface area contributed by atoms with E-state index in [-0.39, 0.29) is 35.3 Å². The molecule has 0 amide bonds.